The van der Waals surface area contributed by atoms with E-state index in [1.807, 2.05) is 0 Å². The zero-order chi connectivity index (χ0) is 27.1. The van der Waals surface area contributed by atoms with Crippen LogP contribution in [0.1, 0.15) is 25.0 Å². The number of benzene rings is 2. The van der Waals surface area contributed by atoms with Crippen molar-refractivity contribution >= 4 is 29.6 Å². The van der Waals surface area contributed by atoms with Gasteiger partial charge >= 0.3 is 12.1 Å². The molecule has 0 bridgehead atoms. The van der Waals surface area contributed by atoms with E-state index in [0.717, 1.165) is 5.56 Å². The molecule has 3 amide bonds. The number of aliphatic hydroxyl groups is 1. The lowest BCUT2D eigenvalue weighted by Gasteiger charge is -2.40. The Hall–Kier alpha value is -4.18. The number of rotatable bonds is 9. The number of carboxylic acids is 1. The monoisotopic (exact) mass is 509 g/mol. The molecule has 1 aliphatic heterocycles. The molecule has 2 aromatic carbocycles. The summed E-state index contributed by atoms with van der Waals surface area (Å²) < 4.78 is 4.89. The van der Waals surface area contributed by atoms with Crippen molar-refractivity contribution in [2.24, 2.45) is 5.92 Å². The summed E-state index contributed by atoms with van der Waals surface area (Å²) in [5.74, 6) is -2.93. The molecule has 0 saturated heterocycles. The van der Waals surface area contributed by atoms with E-state index in [9.17, 15) is 29.4 Å². The Labute approximate surface area is 215 Å². The summed E-state index contributed by atoms with van der Waals surface area (Å²) in [7, 11) is 1.22. The fraction of sp³-hybridized carbons (Fsp3) is 0.333. The molecule has 0 radical (unpaired) electrons. The third kappa shape index (κ3) is 6.53. The predicted molar refractivity (Wildman–Crippen MR) is 135 cm³/mol. The highest BCUT2D eigenvalue weighted by Crippen LogP contribution is 2.30. The molecule has 1 aliphatic rings. The van der Waals surface area contributed by atoms with E-state index in [2.05, 4.69) is 5.32 Å². The molecule has 2 unspecified atom stereocenters. The third-order valence-corrected chi connectivity index (χ3v) is 6.04. The van der Waals surface area contributed by atoms with Gasteiger partial charge in [0.25, 0.3) is 5.91 Å². The standard InChI is InChI=1S/C27H31N3O7/c1-17(2)23-25(33)29(21(15-30(23)27(36)37-3)19-12-8-5-9-13-19)16-22(31)28-20(24(32)26(34)35)14-18-10-6-4-7-11-18/h4-13,15,17,20,23-24,32H,14,16H2,1-3H3,(H,28,31)(H,34,35)/t20-,23?,24?/m0/s1. The van der Waals surface area contributed by atoms with Crippen LogP contribution in [0.2, 0.25) is 0 Å². The number of ether oxygens (including phenoxy) is 1. The van der Waals surface area contributed by atoms with Crippen LogP contribution in [0.25, 0.3) is 5.70 Å². The lowest BCUT2D eigenvalue weighted by atomic mass is 9.97. The third-order valence-electron chi connectivity index (χ3n) is 6.04. The second-order valence-electron chi connectivity index (χ2n) is 9.02. The highest BCUT2D eigenvalue weighted by Gasteiger charge is 2.42. The topological polar surface area (TPSA) is 136 Å². The Morgan fingerprint density at radius 1 is 1.03 bits per heavy atom. The van der Waals surface area contributed by atoms with Crippen molar-refractivity contribution in [3.63, 3.8) is 0 Å². The highest BCUT2D eigenvalue weighted by atomic mass is 16.5. The van der Waals surface area contributed by atoms with Gasteiger partial charge in [0.1, 0.15) is 12.6 Å². The average molecular weight is 510 g/mol. The number of aliphatic carboxylic acids is 1. The Bertz CT molecular complexity index is 1150. The van der Waals surface area contributed by atoms with Crippen molar-refractivity contribution in [2.75, 3.05) is 13.7 Å². The minimum Gasteiger partial charge on any atom is -0.479 e. The molecule has 3 rings (SSSR count). The molecule has 0 fully saturated rings. The van der Waals surface area contributed by atoms with Gasteiger partial charge in [-0.25, -0.2) is 9.59 Å². The second-order valence-corrected chi connectivity index (χ2v) is 9.02. The Balaban J connectivity index is 1.93. The van der Waals surface area contributed by atoms with E-state index >= 15 is 0 Å². The van der Waals surface area contributed by atoms with Gasteiger partial charge in [-0.15, -0.1) is 0 Å². The van der Waals surface area contributed by atoms with Crippen molar-refractivity contribution in [2.45, 2.75) is 38.5 Å². The molecule has 3 N–H and O–H groups in total. The van der Waals surface area contributed by atoms with Gasteiger partial charge in [0.05, 0.1) is 18.8 Å². The van der Waals surface area contributed by atoms with Gasteiger partial charge in [0.2, 0.25) is 5.91 Å². The van der Waals surface area contributed by atoms with Gasteiger partial charge in [0.15, 0.2) is 6.10 Å². The van der Waals surface area contributed by atoms with Crippen LogP contribution in [0, 0.1) is 5.92 Å². The molecule has 0 spiro atoms. The van der Waals surface area contributed by atoms with Crippen molar-refractivity contribution < 1.29 is 34.1 Å². The molecule has 0 saturated carbocycles. The highest BCUT2D eigenvalue weighted by molar-refractivity contribution is 5.99. The Kier molecular flexibility index (Phi) is 9.02. The number of hydrogen-bond donors (Lipinski definition) is 3. The van der Waals surface area contributed by atoms with E-state index in [-0.39, 0.29) is 12.3 Å². The summed E-state index contributed by atoms with van der Waals surface area (Å²) >= 11 is 0. The first-order valence-electron chi connectivity index (χ1n) is 11.8. The van der Waals surface area contributed by atoms with Crippen LogP contribution < -0.4 is 5.32 Å². The summed E-state index contributed by atoms with van der Waals surface area (Å²) in [5, 5.41) is 22.2. The first kappa shape index (κ1) is 27.4. The quantitative estimate of drug-likeness (QED) is 0.471. The fourth-order valence-corrected chi connectivity index (χ4v) is 4.24. The first-order valence-corrected chi connectivity index (χ1v) is 11.8. The molecule has 3 atom stereocenters. The van der Waals surface area contributed by atoms with E-state index in [0.29, 0.717) is 11.3 Å². The van der Waals surface area contributed by atoms with Crippen LogP contribution in [-0.4, -0.2) is 75.7 Å². The van der Waals surface area contributed by atoms with E-state index in [1.54, 1.807) is 74.5 Å². The van der Waals surface area contributed by atoms with E-state index < -0.39 is 48.6 Å². The van der Waals surface area contributed by atoms with Crippen LogP contribution in [0.4, 0.5) is 4.79 Å². The number of amides is 3. The predicted octanol–water partition coefficient (Wildman–Crippen LogP) is 2.09. The molecule has 196 valence electrons. The molecule has 2 aromatic rings. The number of carbonyl (C=O) groups is 4. The number of nitrogens with zero attached hydrogens (tertiary/aromatic N) is 2. The van der Waals surface area contributed by atoms with Crippen molar-refractivity contribution in [1.29, 1.82) is 0 Å². The van der Waals surface area contributed by atoms with Gasteiger partial charge in [-0.1, -0.05) is 74.5 Å². The lowest BCUT2D eigenvalue weighted by molar-refractivity contribution is -0.149. The van der Waals surface area contributed by atoms with Crippen LogP contribution in [0.15, 0.2) is 66.9 Å². The molecule has 37 heavy (non-hydrogen) atoms. The number of methoxy groups -OCH3 is 1. The zero-order valence-corrected chi connectivity index (χ0v) is 20.9. The number of aliphatic hydroxyl groups excluding tert-OH is 1. The van der Waals surface area contributed by atoms with Gasteiger partial charge < -0.3 is 20.3 Å². The maximum atomic E-state index is 13.6. The number of hydrogen-bond acceptors (Lipinski definition) is 6. The zero-order valence-electron chi connectivity index (χ0n) is 20.9. The Morgan fingerprint density at radius 2 is 1.62 bits per heavy atom. The second kappa shape index (κ2) is 12.2. The molecule has 0 aliphatic carbocycles. The minimum atomic E-state index is -1.86. The van der Waals surface area contributed by atoms with Crippen LogP contribution in [0.3, 0.4) is 0 Å². The molecule has 1 heterocycles. The lowest BCUT2D eigenvalue weighted by Crippen LogP contribution is -2.57. The van der Waals surface area contributed by atoms with Crippen LogP contribution in [0.5, 0.6) is 0 Å². The van der Waals surface area contributed by atoms with E-state index in [1.165, 1.54) is 23.1 Å². The first-order chi connectivity index (χ1) is 17.6. The van der Waals surface area contributed by atoms with E-state index in [4.69, 9.17) is 4.74 Å². The number of nitrogens with one attached hydrogen (secondary N) is 1. The SMILES string of the molecule is COC(=O)N1C=C(c2ccccc2)N(CC(=O)N[C@@H](Cc2ccccc2)C(O)C(=O)O)C(=O)C1C(C)C. The van der Waals surface area contributed by atoms with Crippen LogP contribution in [-0.2, 0) is 25.5 Å². The smallest absolute Gasteiger partial charge is 0.414 e. The maximum Gasteiger partial charge on any atom is 0.414 e. The van der Waals surface area contributed by atoms with Gasteiger partial charge in [-0.05, 0) is 23.5 Å². The molecular formula is C27H31N3O7. The molecule has 10 heteroatoms. The van der Waals surface area contributed by atoms with Crippen LogP contribution >= 0.6 is 0 Å². The van der Waals surface area contributed by atoms with Crippen molar-refractivity contribution in [1.82, 2.24) is 15.1 Å². The van der Waals surface area contributed by atoms with Gasteiger partial charge in [-0.2, -0.15) is 0 Å². The summed E-state index contributed by atoms with van der Waals surface area (Å²) in [6, 6.07) is 15.6. The van der Waals surface area contributed by atoms with Crippen molar-refractivity contribution in [3.05, 3.63) is 78.0 Å². The number of carbonyl (C=O) groups excluding carboxylic acids is 3. The summed E-state index contributed by atoms with van der Waals surface area (Å²) in [6.07, 6.45) is -1.02. The van der Waals surface area contributed by atoms with Gasteiger partial charge in [0, 0.05) is 6.20 Å². The molecule has 10 nitrogen and oxygen atoms in total. The van der Waals surface area contributed by atoms with Crippen molar-refractivity contribution in [3.8, 4) is 0 Å². The number of carboxylic acid groups (broad SMARTS) is 1. The fourth-order valence-electron chi connectivity index (χ4n) is 4.24. The Morgan fingerprint density at radius 3 is 2.16 bits per heavy atom. The molecule has 0 aromatic heterocycles. The maximum absolute atomic E-state index is 13.6. The summed E-state index contributed by atoms with van der Waals surface area (Å²) in [5.41, 5.74) is 1.62. The largest absolute Gasteiger partial charge is 0.479 e. The summed E-state index contributed by atoms with van der Waals surface area (Å²) in [4.78, 5) is 53.3. The normalized spacial score (nSPS) is 17.2. The van der Waals surface area contributed by atoms with Gasteiger partial charge in [-0.3, -0.25) is 19.4 Å². The average Bonchev–Trinajstić information content (AvgIpc) is 2.89. The minimum absolute atomic E-state index is 0.0696. The molecular weight excluding hydrogens is 478 g/mol. The summed E-state index contributed by atoms with van der Waals surface area (Å²) in [6.45, 7) is 3.10.